The van der Waals surface area contributed by atoms with Crippen LogP contribution in [0.25, 0.3) is 11.0 Å². The molecule has 1 aromatic carbocycles. The molecule has 1 aromatic heterocycles. The van der Waals surface area contributed by atoms with E-state index in [4.69, 9.17) is 0 Å². The molecular formula is C16H20N4O3S. The molecule has 7 nitrogen and oxygen atoms in total. The molecule has 1 N–H and O–H groups in total. The Morgan fingerprint density at radius 2 is 2.04 bits per heavy atom. The molecule has 1 atom stereocenters. The Morgan fingerprint density at radius 3 is 2.58 bits per heavy atom. The number of carbonyl (C=O) groups excluding carboxylic acids is 1. The third kappa shape index (κ3) is 3.41. The lowest BCUT2D eigenvalue weighted by Gasteiger charge is -2.27. The predicted octanol–water partition coefficient (Wildman–Crippen LogP) is 1.49. The molecular weight excluding hydrogens is 328 g/mol. The van der Waals surface area contributed by atoms with Crippen molar-refractivity contribution in [3.05, 3.63) is 24.3 Å². The van der Waals surface area contributed by atoms with Gasteiger partial charge < -0.3 is 9.88 Å². The number of carbonyl (C=O) groups is 1. The second kappa shape index (κ2) is 6.24. The van der Waals surface area contributed by atoms with Crippen molar-refractivity contribution in [1.29, 1.82) is 5.26 Å². The highest BCUT2D eigenvalue weighted by Gasteiger charge is 2.31. The summed E-state index contributed by atoms with van der Waals surface area (Å²) >= 11 is 0. The molecule has 0 bridgehead atoms. The Balaban J connectivity index is 2.43. The van der Waals surface area contributed by atoms with Crippen LogP contribution < -0.4 is 5.32 Å². The van der Waals surface area contributed by atoms with Gasteiger partial charge in [0.25, 0.3) is 0 Å². The van der Waals surface area contributed by atoms with Crippen LogP contribution in [0.3, 0.4) is 0 Å². The standard InChI is InChI=1S/C16H20N4O3S/c1-11(2)16(3,10-17)19-14(21)9-20-13-8-6-5-7-12(13)18-15(20)24(4,22)23/h5-8,11H,9H2,1-4H3,(H,19,21)/t16-/m0/s1. The maximum absolute atomic E-state index is 12.4. The average Bonchev–Trinajstić information content (AvgIpc) is 2.86. The van der Waals surface area contributed by atoms with Gasteiger partial charge >= 0.3 is 0 Å². The smallest absolute Gasteiger partial charge is 0.241 e. The number of rotatable bonds is 5. The molecule has 0 unspecified atom stereocenters. The van der Waals surface area contributed by atoms with Crippen molar-refractivity contribution >= 4 is 26.8 Å². The molecule has 128 valence electrons. The molecule has 8 heteroatoms. The van der Waals surface area contributed by atoms with Crippen molar-refractivity contribution in [3.63, 3.8) is 0 Å². The monoisotopic (exact) mass is 348 g/mol. The van der Waals surface area contributed by atoms with E-state index in [0.29, 0.717) is 11.0 Å². The van der Waals surface area contributed by atoms with Gasteiger partial charge in [0.05, 0.1) is 17.1 Å². The van der Waals surface area contributed by atoms with Crippen molar-refractivity contribution in [2.75, 3.05) is 6.26 Å². The SMILES string of the molecule is CC(C)[C@](C)(C#N)NC(=O)Cn1c(S(C)(=O)=O)nc2ccccc21. The molecule has 0 spiro atoms. The Bertz CT molecular complexity index is 924. The number of hydrogen-bond acceptors (Lipinski definition) is 5. The quantitative estimate of drug-likeness (QED) is 0.881. The van der Waals surface area contributed by atoms with Crippen LogP contribution in [0.2, 0.25) is 0 Å². The number of nitriles is 1. The molecule has 0 aliphatic heterocycles. The number of para-hydroxylation sites is 2. The molecule has 24 heavy (non-hydrogen) atoms. The zero-order valence-corrected chi connectivity index (χ0v) is 14.9. The molecule has 1 heterocycles. The van der Waals surface area contributed by atoms with Gasteiger partial charge in [-0.25, -0.2) is 13.4 Å². The number of nitrogens with one attached hydrogen (secondary N) is 1. The molecule has 0 fully saturated rings. The lowest BCUT2D eigenvalue weighted by Crippen LogP contribution is -2.49. The highest BCUT2D eigenvalue weighted by molar-refractivity contribution is 7.90. The molecule has 0 saturated heterocycles. The van der Waals surface area contributed by atoms with E-state index in [-0.39, 0.29) is 17.6 Å². The highest BCUT2D eigenvalue weighted by atomic mass is 32.2. The third-order valence-corrected chi connectivity index (χ3v) is 5.01. The summed E-state index contributed by atoms with van der Waals surface area (Å²) in [4.78, 5) is 16.5. The van der Waals surface area contributed by atoms with Gasteiger partial charge in [0.1, 0.15) is 12.1 Å². The Hall–Kier alpha value is -2.40. The first-order chi connectivity index (χ1) is 11.1. The van der Waals surface area contributed by atoms with Crippen LogP contribution in [0.5, 0.6) is 0 Å². The molecule has 0 aliphatic carbocycles. The zero-order chi connectivity index (χ0) is 18.1. The van der Waals surface area contributed by atoms with Crippen LogP contribution in [-0.2, 0) is 21.2 Å². The van der Waals surface area contributed by atoms with Crippen LogP contribution in [0, 0.1) is 17.2 Å². The number of aromatic nitrogens is 2. The van der Waals surface area contributed by atoms with E-state index in [2.05, 4.69) is 16.4 Å². The number of amides is 1. The number of nitrogens with zero attached hydrogens (tertiary/aromatic N) is 3. The fourth-order valence-electron chi connectivity index (χ4n) is 2.26. The summed E-state index contributed by atoms with van der Waals surface area (Å²) in [5.41, 5.74) is 0.0209. The van der Waals surface area contributed by atoms with Crippen LogP contribution in [0.15, 0.2) is 29.4 Å². The van der Waals surface area contributed by atoms with Crippen LogP contribution >= 0.6 is 0 Å². The maximum atomic E-state index is 12.4. The van der Waals surface area contributed by atoms with Gasteiger partial charge in [-0.2, -0.15) is 5.26 Å². The maximum Gasteiger partial charge on any atom is 0.241 e. The van der Waals surface area contributed by atoms with E-state index in [1.54, 1.807) is 31.2 Å². The van der Waals surface area contributed by atoms with Gasteiger partial charge in [-0.05, 0) is 25.0 Å². The van der Waals surface area contributed by atoms with E-state index >= 15 is 0 Å². The summed E-state index contributed by atoms with van der Waals surface area (Å²) in [6, 6.07) is 8.98. The first-order valence-corrected chi connectivity index (χ1v) is 9.35. The lowest BCUT2D eigenvalue weighted by atomic mass is 9.90. The molecule has 2 aromatic rings. The van der Waals surface area contributed by atoms with Crippen LogP contribution in [0.4, 0.5) is 0 Å². The molecule has 2 rings (SSSR count). The number of imidazole rings is 1. The molecule has 0 radical (unpaired) electrons. The molecule has 1 amide bonds. The Kier molecular flexibility index (Phi) is 4.67. The Labute approximate surface area is 141 Å². The van der Waals surface area contributed by atoms with E-state index < -0.39 is 21.3 Å². The van der Waals surface area contributed by atoms with Gasteiger partial charge in [0.2, 0.25) is 20.9 Å². The summed E-state index contributed by atoms with van der Waals surface area (Å²) in [6.45, 7) is 5.07. The van der Waals surface area contributed by atoms with Crippen LogP contribution in [0.1, 0.15) is 20.8 Å². The van der Waals surface area contributed by atoms with Crippen LogP contribution in [-0.4, -0.2) is 35.7 Å². The normalized spacial score (nSPS) is 14.3. The second-order valence-corrected chi connectivity index (χ2v) is 8.17. The van der Waals surface area contributed by atoms with Crippen molar-refractivity contribution in [2.45, 2.75) is 38.0 Å². The Morgan fingerprint density at radius 1 is 1.42 bits per heavy atom. The summed E-state index contributed by atoms with van der Waals surface area (Å²) in [7, 11) is -3.60. The van der Waals surface area contributed by atoms with Gasteiger partial charge in [0, 0.05) is 6.26 Å². The highest BCUT2D eigenvalue weighted by Crippen LogP contribution is 2.20. The van der Waals surface area contributed by atoms with Crippen molar-refractivity contribution in [3.8, 4) is 6.07 Å². The minimum atomic E-state index is -3.60. The van der Waals surface area contributed by atoms with E-state index in [1.165, 1.54) is 4.57 Å². The first-order valence-electron chi connectivity index (χ1n) is 7.46. The van der Waals surface area contributed by atoms with Gasteiger partial charge in [-0.1, -0.05) is 26.0 Å². The molecule has 0 aliphatic rings. The lowest BCUT2D eigenvalue weighted by molar-refractivity contribution is -0.123. The second-order valence-electron chi connectivity index (χ2n) is 6.26. The number of benzene rings is 1. The van der Waals surface area contributed by atoms with Gasteiger partial charge in [-0.3, -0.25) is 4.79 Å². The molecule has 0 saturated carbocycles. The van der Waals surface area contributed by atoms with Gasteiger partial charge in [-0.15, -0.1) is 0 Å². The van der Waals surface area contributed by atoms with E-state index in [9.17, 15) is 18.5 Å². The fourth-order valence-corrected chi connectivity index (χ4v) is 3.09. The predicted molar refractivity (Wildman–Crippen MR) is 89.8 cm³/mol. The number of hydrogen-bond donors (Lipinski definition) is 1. The van der Waals surface area contributed by atoms with E-state index in [0.717, 1.165) is 6.26 Å². The summed E-state index contributed by atoms with van der Waals surface area (Å²) in [5, 5.41) is 11.8. The van der Waals surface area contributed by atoms with Crippen molar-refractivity contribution in [1.82, 2.24) is 14.9 Å². The van der Waals surface area contributed by atoms with E-state index in [1.807, 2.05) is 13.8 Å². The fraction of sp³-hybridized carbons (Fsp3) is 0.438. The summed E-state index contributed by atoms with van der Waals surface area (Å²) in [5.74, 6) is -0.541. The average molecular weight is 348 g/mol. The van der Waals surface area contributed by atoms with Crippen molar-refractivity contribution in [2.24, 2.45) is 5.92 Å². The van der Waals surface area contributed by atoms with Crippen molar-refractivity contribution < 1.29 is 13.2 Å². The number of fused-ring (bicyclic) bond motifs is 1. The number of sulfone groups is 1. The third-order valence-electron chi connectivity index (χ3n) is 4.04. The minimum Gasteiger partial charge on any atom is -0.336 e. The topological polar surface area (TPSA) is 105 Å². The summed E-state index contributed by atoms with van der Waals surface area (Å²) < 4.78 is 25.3. The minimum absolute atomic E-state index is 0.0969. The summed E-state index contributed by atoms with van der Waals surface area (Å²) in [6.07, 6.45) is 1.05. The van der Waals surface area contributed by atoms with Gasteiger partial charge in [0.15, 0.2) is 0 Å². The largest absolute Gasteiger partial charge is 0.336 e. The first kappa shape index (κ1) is 17.9. The zero-order valence-electron chi connectivity index (χ0n) is 14.1.